The molecule has 0 radical (unpaired) electrons. The average molecular weight is 460 g/mol. The minimum atomic E-state index is -0.381. The topological polar surface area (TPSA) is 75.9 Å². The summed E-state index contributed by atoms with van der Waals surface area (Å²) >= 11 is 0. The van der Waals surface area contributed by atoms with Gasteiger partial charge in [-0.3, -0.25) is 19.8 Å². The van der Waals surface area contributed by atoms with Gasteiger partial charge < -0.3 is 9.64 Å². The molecule has 1 amide bonds. The van der Waals surface area contributed by atoms with Crippen LogP contribution in [0.2, 0.25) is 0 Å². The molecule has 0 saturated carbocycles. The number of methoxy groups -OCH3 is 1. The summed E-state index contributed by atoms with van der Waals surface area (Å²) in [5.74, 6) is 0.753. The average Bonchev–Trinajstić information content (AvgIpc) is 2.86. The molecule has 3 aromatic carbocycles. The Morgan fingerprint density at radius 1 is 1.00 bits per heavy atom. The first-order valence-electron chi connectivity index (χ1n) is 11.4. The second kappa shape index (κ2) is 10.5. The van der Waals surface area contributed by atoms with Crippen LogP contribution in [0.5, 0.6) is 5.75 Å². The fourth-order valence-corrected chi connectivity index (χ4v) is 4.39. The van der Waals surface area contributed by atoms with Crippen LogP contribution in [0, 0.1) is 17.0 Å². The van der Waals surface area contributed by atoms with E-state index in [1.54, 1.807) is 19.2 Å². The lowest BCUT2D eigenvalue weighted by atomic mass is 10.00. The molecule has 0 N–H and O–H groups in total. The van der Waals surface area contributed by atoms with Crippen molar-refractivity contribution in [1.29, 1.82) is 0 Å². The van der Waals surface area contributed by atoms with Crippen molar-refractivity contribution in [2.75, 3.05) is 25.1 Å². The van der Waals surface area contributed by atoms with Crippen LogP contribution >= 0.6 is 0 Å². The van der Waals surface area contributed by atoms with E-state index in [4.69, 9.17) is 4.74 Å². The molecule has 1 aliphatic heterocycles. The van der Waals surface area contributed by atoms with Gasteiger partial charge >= 0.3 is 0 Å². The Labute approximate surface area is 199 Å². The number of likely N-dealkylation sites (tertiary alicyclic amines) is 1. The Bertz CT molecular complexity index is 1120. The van der Waals surface area contributed by atoms with Crippen molar-refractivity contribution in [2.45, 2.75) is 32.4 Å². The predicted octanol–water partition coefficient (Wildman–Crippen LogP) is 5.22. The van der Waals surface area contributed by atoms with E-state index in [0.717, 1.165) is 55.0 Å². The van der Waals surface area contributed by atoms with Crippen molar-refractivity contribution >= 4 is 17.3 Å². The molecule has 7 heteroatoms. The minimum Gasteiger partial charge on any atom is -0.497 e. The van der Waals surface area contributed by atoms with Gasteiger partial charge in [0.25, 0.3) is 11.6 Å². The highest BCUT2D eigenvalue weighted by Crippen LogP contribution is 2.28. The molecular formula is C27H29N3O4. The van der Waals surface area contributed by atoms with Gasteiger partial charge in [-0.2, -0.15) is 0 Å². The number of aryl methyl sites for hydroxylation is 1. The number of non-ortho nitro benzene ring substituents is 1. The number of hydrogen-bond donors (Lipinski definition) is 0. The fraction of sp³-hybridized carbons (Fsp3) is 0.296. The van der Waals surface area contributed by atoms with Crippen molar-refractivity contribution in [3.05, 3.63) is 99.6 Å². The summed E-state index contributed by atoms with van der Waals surface area (Å²) in [7, 11) is 1.63. The monoisotopic (exact) mass is 459 g/mol. The molecule has 1 aliphatic rings. The van der Waals surface area contributed by atoms with E-state index in [9.17, 15) is 14.9 Å². The van der Waals surface area contributed by atoms with Crippen molar-refractivity contribution in [2.24, 2.45) is 0 Å². The smallest absolute Gasteiger partial charge is 0.269 e. The third-order valence-corrected chi connectivity index (χ3v) is 6.34. The second-order valence-electron chi connectivity index (χ2n) is 8.67. The van der Waals surface area contributed by atoms with E-state index in [1.807, 2.05) is 72.5 Å². The van der Waals surface area contributed by atoms with E-state index < -0.39 is 0 Å². The van der Waals surface area contributed by atoms with Gasteiger partial charge in [-0.15, -0.1) is 0 Å². The predicted molar refractivity (Wildman–Crippen MR) is 132 cm³/mol. The van der Waals surface area contributed by atoms with Gasteiger partial charge in [-0.05, 0) is 61.7 Å². The molecule has 176 valence electrons. The highest BCUT2D eigenvalue weighted by atomic mass is 16.6. The zero-order valence-corrected chi connectivity index (χ0v) is 19.5. The molecule has 0 bridgehead atoms. The van der Waals surface area contributed by atoms with Gasteiger partial charge in [-0.25, -0.2) is 0 Å². The zero-order valence-electron chi connectivity index (χ0n) is 19.5. The number of nitro benzene ring substituents is 1. The molecule has 7 nitrogen and oxygen atoms in total. The molecule has 1 heterocycles. The summed E-state index contributed by atoms with van der Waals surface area (Å²) < 4.78 is 5.30. The maximum absolute atomic E-state index is 13.6. The Morgan fingerprint density at radius 2 is 1.62 bits per heavy atom. The van der Waals surface area contributed by atoms with Crippen molar-refractivity contribution in [1.82, 2.24) is 4.90 Å². The van der Waals surface area contributed by atoms with Crippen molar-refractivity contribution in [3.8, 4) is 5.75 Å². The molecule has 0 aliphatic carbocycles. The number of piperidine rings is 1. The van der Waals surface area contributed by atoms with Crippen molar-refractivity contribution in [3.63, 3.8) is 0 Å². The first-order valence-corrected chi connectivity index (χ1v) is 11.4. The van der Waals surface area contributed by atoms with Crippen LogP contribution in [0.3, 0.4) is 0 Å². The van der Waals surface area contributed by atoms with Crippen molar-refractivity contribution < 1.29 is 14.5 Å². The van der Waals surface area contributed by atoms with E-state index >= 15 is 0 Å². The number of ether oxygens (including phenoxy) is 1. The maximum Gasteiger partial charge on any atom is 0.269 e. The van der Waals surface area contributed by atoms with Crippen LogP contribution in [0.15, 0.2) is 72.8 Å². The molecule has 1 fully saturated rings. The lowest BCUT2D eigenvalue weighted by Gasteiger charge is -2.38. The lowest BCUT2D eigenvalue weighted by molar-refractivity contribution is -0.384. The number of amides is 1. The number of benzene rings is 3. The summed E-state index contributed by atoms with van der Waals surface area (Å²) in [6, 6.07) is 22.2. The van der Waals surface area contributed by atoms with Gasteiger partial charge in [0.1, 0.15) is 5.75 Å². The Hall–Kier alpha value is -3.71. The van der Waals surface area contributed by atoms with Crippen LogP contribution in [0.1, 0.15) is 34.3 Å². The molecule has 3 aromatic rings. The van der Waals surface area contributed by atoms with E-state index in [0.29, 0.717) is 5.56 Å². The maximum atomic E-state index is 13.6. The molecule has 0 aromatic heterocycles. The van der Waals surface area contributed by atoms with Crippen LogP contribution in [0.4, 0.5) is 11.4 Å². The SMILES string of the molecule is COc1ccc(N(C(=O)c2ccc(C)cc2)C2CCN(Cc3ccc([N+](=O)[O-])cc3)CC2)cc1. The third kappa shape index (κ3) is 5.43. The van der Waals surface area contributed by atoms with Crippen LogP contribution in [-0.2, 0) is 6.54 Å². The molecule has 0 atom stereocenters. The Morgan fingerprint density at radius 3 is 2.18 bits per heavy atom. The number of nitro groups is 1. The van der Waals surface area contributed by atoms with Crippen LogP contribution in [0.25, 0.3) is 0 Å². The molecular weight excluding hydrogens is 430 g/mol. The standard InChI is InChI=1S/C27H29N3O4/c1-20-3-7-22(8-4-20)27(31)29(23-11-13-26(34-2)14-12-23)24-15-17-28(18-16-24)19-21-5-9-25(10-6-21)30(32)33/h3-14,24H,15-19H2,1-2H3. The molecule has 34 heavy (non-hydrogen) atoms. The van der Waals surface area contributed by atoms with Crippen LogP contribution in [-0.4, -0.2) is 42.0 Å². The second-order valence-corrected chi connectivity index (χ2v) is 8.67. The first kappa shape index (κ1) is 23.4. The summed E-state index contributed by atoms with van der Waals surface area (Å²) in [5, 5.41) is 10.9. The quantitative estimate of drug-likeness (QED) is 0.358. The number of rotatable bonds is 7. The van der Waals surface area contributed by atoms with Gasteiger partial charge in [0.2, 0.25) is 0 Å². The number of carbonyl (C=O) groups excluding carboxylic acids is 1. The zero-order chi connectivity index (χ0) is 24.1. The van der Waals surface area contributed by atoms with E-state index in [1.165, 1.54) is 0 Å². The number of hydrogen-bond acceptors (Lipinski definition) is 5. The largest absolute Gasteiger partial charge is 0.497 e. The summed E-state index contributed by atoms with van der Waals surface area (Å²) in [4.78, 5) is 28.4. The molecule has 4 rings (SSSR count). The highest BCUT2D eigenvalue weighted by molar-refractivity contribution is 6.06. The van der Waals surface area contributed by atoms with E-state index in [2.05, 4.69) is 4.90 Å². The summed E-state index contributed by atoms with van der Waals surface area (Å²) in [6.45, 7) is 4.43. The number of anilines is 1. The normalized spacial score (nSPS) is 14.5. The first-order chi connectivity index (χ1) is 16.4. The Kier molecular flexibility index (Phi) is 7.23. The molecule has 0 unspecified atom stereocenters. The number of nitrogens with zero attached hydrogens (tertiary/aromatic N) is 3. The lowest BCUT2D eigenvalue weighted by Crippen LogP contribution is -2.47. The minimum absolute atomic E-state index is 0.000939. The van der Waals surface area contributed by atoms with Crippen LogP contribution < -0.4 is 9.64 Å². The molecule has 0 spiro atoms. The molecule has 1 saturated heterocycles. The summed E-state index contributed by atoms with van der Waals surface area (Å²) in [6.07, 6.45) is 1.69. The summed E-state index contributed by atoms with van der Waals surface area (Å²) in [5.41, 5.74) is 3.81. The third-order valence-electron chi connectivity index (χ3n) is 6.34. The van der Waals surface area contributed by atoms with Gasteiger partial charge in [0.15, 0.2) is 0 Å². The van der Waals surface area contributed by atoms with E-state index in [-0.39, 0.29) is 22.6 Å². The van der Waals surface area contributed by atoms with Gasteiger partial charge in [-0.1, -0.05) is 29.8 Å². The van der Waals surface area contributed by atoms with Gasteiger partial charge in [0.05, 0.1) is 12.0 Å². The Balaban J connectivity index is 1.48. The fourth-order valence-electron chi connectivity index (χ4n) is 4.39. The van der Waals surface area contributed by atoms with Gasteiger partial charge in [0, 0.05) is 49.1 Å². The highest BCUT2D eigenvalue weighted by Gasteiger charge is 2.30. The number of carbonyl (C=O) groups is 1.